The first-order valence-corrected chi connectivity index (χ1v) is 7.21. The molecule has 0 aliphatic carbocycles. The highest BCUT2D eigenvalue weighted by Gasteiger charge is 2.40. The Hall–Kier alpha value is -1.39. The van der Waals surface area contributed by atoms with Gasteiger partial charge in [0, 0.05) is 19.8 Å². The van der Waals surface area contributed by atoms with E-state index in [1.165, 1.54) is 0 Å². The van der Waals surface area contributed by atoms with Gasteiger partial charge >= 0.3 is 5.97 Å². The SMILES string of the molecule is CCCOCCC(CN)(C(=O)OCC)c1ccccc1. The summed E-state index contributed by atoms with van der Waals surface area (Å²) in [5.74, 6) is -0.270. The van der Waals surface area contributed by atoms with Crippen LogP contribution in [0.3, 0.4) is 0 Å². The van der Waals surface area contributed by atoms with Gasteiger partial charge in [-0.2, -0.15) is 0 Å². The van der Waals surface area contributed by atoms with E-state index < -0.39 is 5.41 Å². The van der Waals surface area contributed by atoms with Crippen LogP contribution in [-0.2, 0) is 19.7 Å². The molecule has 20 heavy (non-hydrogen) atoms. The highest BCUT2D eigenvalue weighted by molar-refractivity contribution is 5.83. The molecule has 0 aliphatic heterocycles. The molecule has 1 aromatic rings. The molecule has 0 amide bonds. The van der Waals surface area contributed by atoms with Crippen molar-refractivity contribution in [2.24, 2.45) is 5.73 Å². The van der Waals surface area contributed by atoms with Crippen molar-refractivity contribution in [2.75, 3.05) is 26.4 Å². The maximum absolute atomic E-state index is 12.4. The highest BCUT2D eigenvalue weighted by Crippen LogP contribution is 2.29. The Morgan fingerprint density at radius 1 is 1.20 bits per heavy atom. The quantitative estimate of drug-likeness (QED) is 0.556. The zero-order chi connectivity index (χ0) is 14.8. The minimum atomic E-state index is -0.814. The maximum Gasteiger partial charge on any atom is 0.317 e. The van der Waals surface area contributed by atoms with Gasteiger partial charge in [-0.25, -0.2) is 0 Å². The van der Waals surface area contributed by atoms with Gasteiger partial charge in [0.05, 0.1) is 6.61 Å². The fourth-order valence-electron chi connectivity index (χ4n) is 2.19. The largest absolute Gasteiger partial charge is 0.465 e. The van der Waals surface area contributed by atoms with E-state index in [-0.39, 0.29) is 12.5 Å². The summed E-state index contributed by atoms with van der Waals surface area (Å²) in [4.78, 5) is 12.4. The number of hydrogen-bond acceptors (Lipinski definition) is 4. The monoisotopic (exact) mass is 279 g/mol. The molecule has 0 bridgehead atoms. The molecule has 4 nitrogen and oxygen atoms in total. The van der Waals surface area contributed by atoms with Crippen LogP contribution < -0.4 is 5.73 Å². The molecule has 0 spiro atoms. The molecule has 0 fully saturated rings. The normalized spacial score (nSPS) is 13.8. The molecule has 0 heterocycles. The zero-order valence-corrected chi connectivity index (χ0v) is 12.4. The Balaban J connectivity index is 2.94. The van der Waals surface area contributed by atoms with Crippen molar-refractivity contribution in [3.63, 3.8) is 0 Å². The van der Waals surface area contributed by atoms with Gasteiger partial charge in [-0.1, -0.05) is 37.3 Å². The van der Waals surface area contributed by atoms with Gasteiger partial charge in [-0.15, -0.1) is 0 Å². The average molecular weight is 279 g/mol. The Morgan fingerprint density at radius 3 is 2.45 bits per heavy atom. The summed E-state index contributed by atoms with van der Waals surface area (Å²) in [6.45, 7) is 5.61. The summed E-state index contributed by atoms with van der Waals surface area (Å²) in [5.41, 5.74) is 6.00. The first-order chi connectivity index (χ1) is 9.71. The Labute approximate surface area is 121 Å². The third kappa shape index (κ3) is 4.05. The van der Waals surface area contributed by atoms with E-state index in [0.717, 1.165) is 12.0 Å². The summed E-state index contributed by atoms with van der Waals surface area (Å²) in [6.07, 6.45) is 1.49. The summed E-state index contributed by atoms with van der Waals surface area (Å²) in [6, 6.07) is 9.58. The van der Waals surface area contributed by atoms with E-state index in [9.17, 15) is 4.79 Å². The van der Waals surface area contributed by atoms with E-state index in [0.29, 0.717) is 26.2 Å². The van der Waals surface area contributed by atoms with Crippen LogP contribution in [0.15, 0.2) is 30.3 Å². The first-order valence-electron chi connectivity index (χ1n) is 7.21. The van der Waals surface area contributed by atoms with Crippen molar-refractivity contribution >= 4 is 5.97 Å². The molecular formula is C16H25NO3. The lowest BCUT2D eigenvalue weighted by Gasteiger charge is -2.30. The number of rotatable bonds is 9. The van der Waals surface area contributed by atoms with Crippen molar-refractivity contribution < 1.29 is 14.3 Å². The summed E-state index contributed by atoms with van der Waals surface area (Å²) >= 11 is 0. The molecule has 2 N–H and O–H groups in total. The van der Waals surface area contributed by atoms with Gasteiger partial charge in [-0.3, -0.25) is 4.79 Å². The second-order valence-corrected chi connectivity index (χ2v) is 4.74. The van der Waals surface area contributed by atoms with Crippen LogP contribution in [0.5, 0.6) is 0 Å². The maximum atomic E-state index is 12.4. The summed E-state index contributed by atoms with van der Waals surface area (Å²) in [7, 11) is 0. The summed E-state index contributed by atoms with van der Waals surface area (Å²) < 4.78 is 10.8. The number of benzene rings is 1. The lowest BCUT2D eigenvalue weighted by Crippen LogP contribution is -2.45. The lowest BCUT2D eigenvalue weighted by atomic mass is 9.77. The molecule has 0 aliphatic rings. The van der Waals surface area contributed by atoms with Gasteiger partial charge in [0.1, 0.15) is 5.41 Å². The molecule has 1 rings (SSSR count). The van der Waals surface area contributed by atoms with E-state index in [4.69, 9.17) is 15.2 Å². The number of nitrogens with two attached hydrogens (primary N) is 1. The molecule has 0 radical (unpaired) electrons. The Kier molecular flexibility index (Phi) is 7.26. The van der Waals surface area contributed by atoms with Crippen LogP contribution in [0.25, 0.3) is 0 Å². The minimum Gasteiger partial charge on any atom is -0.465 e. The number of carbonyl (C=O) groups is 1. The minimum absolute atomic E-state index is 0.214. The molecule has 0 saturated heterocycles. The highest BCUT2D eigenvalue weighted by atomic mass is 16.5. The number of carbonyl (C=O) groups excluding carboxylic acids is 1. The topological polar surface area (TPSA) is 61.5 Å². The fourth-order valence-corrected chi connectivity index (χ4v) is 2.19. The van der Waals surface area contributed by atoms with Crippen molar-refractivity contribution in [3.05, 3.63) is 35.9 Å². The van der Waals surface area contributed by atoms with Gasteiger partial charge in [0.2, 0.25) is 0 Å². The molecule has 4 heteroatoms. The Morgan fingerprint density at radius 2 is 1.90 bits per heavy atom. The standard InChI is InChI=1S/C16H25NO3/c1-3-11-19-12-10-16(13-17,15(18)20-4-2)14-8-6-5-7-9-14/h5-9H,3-4,10-13,17H2,1-2H3. The number of esters is 1. The predicted octanol–water partition coefficient (Wildman–Crippen LogP) is 2.26. The third-order valence-electron chi connectivity index (χ3n) is 3.36. The van der Waals surface area contributed by atoms with Crippen molar-refractivity contribution in [1.29, 1.82) is 0 Å². The van der Waals surface area contributed by atoms with Crippen molar-refractivity contribution in [3.8, 4) is 0 Å². The molecule has 112 valence electrons. The molecule has 1 unspecified atom stereocenters. The van der Waals surface area contributed by atoms with Crippen LogP contribution in [0.2, 0.25) is 0 Å². The zero-order valence-electron chi connectivity index (χ0n) is 12.4. The van der Waals surface area contributed by atoms with Crippen LogP contribution in [0, 0.1) is 0 Å². The third-order valence-corrected chi connectivity index (χ3v) is 3.36. The van der Waals surface area contributed by atoms with Crippen molar-refractivity contribution in [2.45, 2.75) is 32.1 Å². The molecule has 0 aromatic heterocycles. The Bertz CT molecular complexity index is 394. The van der Waals surface area contributed by atoms with Crippen molar-refractivity contribution in [1.82, 2.24) is 0 Å². The van der Waals surface area contributed by atoms with Gasteiger partial charge in [0.25, 0.3) is 0 Å². The average Bonchev–Trinajstić information content (AvgIpc) is 2.49. The van der Waals surface area contributed by atoms with E-state index in [1.54, 1.807) is 6.92 Å². The second kappa shape index (κ2) is 8.72. The van der Waals surface area contributed by atoms with E-state index >= 15 is 0 Å². The van der Waals surface area contributed by atoms with Crippen LogP contribution in [0.4, 0.5) is 0 Å². The number of ether oxygens (including phenoxy) is 2. The van der Waals surface area contributed by atoms with E-state index in [2.05, 4.69) is 6.92 Å². The molecule has 1 atom stereocenters. The van der Waals surface area contributed by atoms with Crippen LogP contribution in [-0.4, -0.2) is 32.3 Å². The van der Waals surface area contributed by atoms with E-state index in [1.807, 2.05) is 30.3 Å². The fraction of sp³-hybridized carbons (Fsp3) is 0.562. The summed E-state index contributed by atoms with van der Waals surface area (Å²) in [5, 5.41) is 0. The number of hydrogen-bond donors (Lipinski definition) is 1. The predicted molar refractivity (Wildman–Crippen MR) is 79.5 cm³/mol. The molecular weight excluding hydrogens is 254 g/mol. The van der Waals surface area contributed by atoms with Crippen LogP contribution >= 0.6 is 0 Å². The lowest BCUT2D eigenvalue weighted by molar-refractivity contribution is -0.150. The van der Waals surface area contributed by atoms with Crippen LogP contribution in [0.1, 0.15) is 32.3 Å². The first kappa shape index (κ1) is 16.7. The van der Waals surface area contributed by atoms with Gasteiger partial charge < -0.3 is 15.2 Å². The van der Waals surface area contributed by atoms with Gasteiger partial charge in [-0.05, 0) is 25.3 Å². The van der Waals surface area contributed by atoms with Gasteiger partial charge in [0.15, 0.2) is 0 Å². The second-order valence-electron chi connectivity index (χ2n) is 4.74. The smallest absolute Gasteiger partial charge is 0.317 e. The molecule has 0 saturated carbocycles. The molecule has 1 aromatic carbocycles.